The first-order chi connectivity index (χ1) is 9.19. The molecule has 1 saturated heterocycles. The van der Waals surface area contributed by atoms with Crippen LogP contribution in [0.25, 0.3) is 0 Å². The highest BCUT2D eigenvalue weighted by atomic mass is 35.5. The molecule has 0 saturated carbocycles. The number of hydrogen-bond acceptors (Lipinski definition) is 3. The maximum Gasteiger partial charge on any atom is 0.0916 e. The van der Waals surface area contributed by atoms with Gasteiger partial charge in [0.05, 0.1) is 6.10 Å². The van der Waals surface area contributed by atoms with Gasteiger partial charge in [0.15, 0.2) is 0 Å². The van der Waals surface area contributed by atoms with Gasteiger partial charge in [-0.3, -0.25) is 4.90 Å². The quantitative estimate of drug-likeness (QED) is 0.898. The summed E-state index contributed by atoms with van der Waals surface area (Å²) in [5.41, 5.74) is 0.945. The summed E-state index contributed by atoms with van der Waals surface area (Å²) in [6, 6.07) is 7.47. The molecule has 1 aliphatic heterocycles. The van der Waals surface area contributed by atoms with Crippen molar-refractivity contribution in [2.75, 3.05) is 39.3 Å². The zero-order valence-electron chi connectivity index (χ0n) is 11.6. The Morgan fingerprint density at radius 3 is 2.26 bits per heavy atom. The Balaban J connectivity index is 1.80. The Bertz CT molecular complexity index is 374. The topological polar surface area (TPSA) is 26.7 Å². The Kier molecular flexibility index (Phi) is 5.64. The van der Waals surface area contributed by atoms with Crippen molar-refractivity contribution in [1.82, 2.24) is 9.80 Å². The normalized spacial score (nSPS) is 19.5. The zero-order chi connectivity index (χ0) is 13.7. The van der Waals surface area contributed by atoms with Crippen LogP contribution in [0.2, 0.25) is 5.02 Å². The molecule has 1 aromatic carbocycles. The predicted molar refractivity (Wildman–Crippen MR) is 79.6 cm³/mol. The highest BCUT2D eigenvalue weighted by Gasteiger charge is 2.19. The van der Waals surface area contributed by atoms with Gasteiger partial charge in [-0.15, -0.1) is 0 Å². The van der Waals surface area contributed by atoms with E-state index in [0.29, 0.717) is 11.6 Å². The Hall–Kier alpha value is -0.610. The minimum absolute atomic E-state index is 0.421. The number of halogens is 1. The van der Waals surface area contributed by atoms with Gasteiger partial charge in [0, 0.05) is 37.7 Å². The Morgan fingerprint density at radius 1 is 1.11 bits per heavy atom. The molecule has 1 fully saturated rings. The lowest BCUT2D eigenvalue weighted by Crippen LogP contribution is -2.47. The van der Waals surface area contributed by atoms with E-state index in [1.54, 1.807) is 0 Å². The number of piperazine rings is 1. The van der Waals surface area contributed by atoms with Gasteiger partial charge in [-0.25, -0.2) is 0 Å². The molecular formula is C15H23ClN2O. The highest BCUT2D eigenvalue weighted by Crippen LogP contribution is 2.18. The average molecular weight is 283 g/mol. The van der Waals surface area contributed by atoms with E-state index in [1.807, 2.05) is 24.3 Å². The minimum Gasteiger partial charge on any atom is -0.387 e. The van der Waals surface area contributed by atoms with Gasteiger partial charge in [-0.05, 0) is 30.7 Å². The molecule has 1 unspecified atom stereocenters. The van der Waals surface area contributed by atoms with Gasteiger partial charge in [-0.1, -0.05) is 30.7 Å². The molecule has 4 heteroatoms. The van der Waals surface area contributed by atoms with E-state index in [-0.39, 0.29) is 0 Å². The molecule has 2 rings (SSSR count). The van der Waals surface area contributed by atoms with Gasteiger partial charge in [0.1, 0.15) is 0 Å². The van der Waals surface area contributed by atoms with Crippen LogP contribution >= 0.6 is 11.6 Å². The van der Waals surface area contributed by atoms with Crippen LogP contribution in [-0.2, 0) is 0 Å². The molecule has 1 heterocycles. The fourth-order valence-electron chi connectivity index (χ4n) is 2.55. The first kappa shape index (κ1) is 14.8. The number of aliphatic hydroxyl groups excluding tert-OH is 1. The van der Waals surface area contributed by atoms with E-state index < -0.39 is 6.10 Å². The summed E-state index contributed by atoms with van der Waals surface area (Å²) < 4.78 is 0. The van der Waals surface area contributed by atoms with E-state index in [0.717, 1.165) is 31.7 Å². The van der Waals surface area contributed by atoms with Crippen LogP contribution in [0, 0.1) is 0 Å². The SMILES string of the molecule is CCCN1CCN(CC(O)c2ccc(Cl)cc2)CC1. The predicted octanol–water partition coefficient (Wildman–Crippen LogP) is 2.40. The monoisotopic (exact) mass is 282 g/mol. The molecule has 1 atom stereocenters. The maximum absolute atomic E-state index is 10.2. The number of aliphatic hydroxyl groups is 1. The van der Waals surface area contributed by atoms with Crippen molar-refractivity contribution in [3.63, 3.8) is 0 Å². The number of rotatable bonds is 5. The number of benzene rings is 1. The zero-order valence-corrected chi connectivity index (χ0v) is 12.3. The van der Waals surface area contributed by atoms with Gasteiger partial charge in [0.2, 0.25) is 0 Å². The molecule has 1 aromatic rings. The van der Waals surface area contributed by atoms with E-state index >= 15 is 0 Å². The molecule has 1 N–H and O–H groups in total. The maximum atomic E-state index is 10.2. The summed E-state index contributed by atoms with van der Waals surface area (Å²) in [5.74, 6) is 0. The van der Waals surface area contributed by atoms with Gasteiger partial charge < -0.3 is 10.0 Å². The van der Waals surface area contributed by atoms with Crippen molar-refractivity contribution in [2.24, 2.45) is 0 Å². The van der Waals surface area contributed by atoms with Crippen LogP contribution in [0.15, 0.2) is 24.3 Å². The van der Waals surface area contributed by atoms with E-state index in [9.17, 15) is 5.11 Å². The van der Waals surface area contributed by atoms with E-state index in [1.165, 1.54) is 13.0 Å². The first-order valence-electron chi connectivity index (χ1n) is 7.07. The summed E-state index contributed by atoms with van der Waals surface area (Å²) in [6.45, 7) is 8.43. The van der Waals surface area contributed by atoms with E-state index in [4.69, 9.17) is 11.6 Å². The summed E-state index contributed by atoms with van der Waals surface area (Å²) in [6.07, 6.45) is 0.794. The second-order valence-corrected chi connectivity index (χ2v) is 5.65. The molecule has 1 aliphatic rings. The lowest BCUT2D eigenvalue weighted by molar-refractivity contribution is 0.0726. The van der Waals surface area contributed by atoms with Gasteiger partial charge in [-0.2, -0.15) is 0 Å². The van der Waals surface area contributed by atoms with Gasteiger partial charge >= 0.3 is 0 Å². The molecule has 106 valence electrons. The van der Waals surface area contributed by atoms with Crippen LogP contribution in [0.4, 0.5) is 0 Å². The first-order valence-corrected chi connectivity index (χ1v) is 7.45. The molecular weight excluding hydrogens is 260 g/mol. The third kappa shape index (κ3) is 4.46. The Labute approximate surface area is 120 Å². The molecule has 19 heavy (non-hydrogen) atoms. The smallest absolute Gasteiger partial charge is 0.0916 e. The summed E-state index contributed by atoms with van der Waals surface area (Å²) in [5, 5.41) is 10.9. The molecule has 3 nitrogen and oxygen atoms in total. The summed E-state index contributed by atoms with van der Waals surface area (Å²) >= 11 is 5.86. The molecule has 0 bridgehead atoms. The summed E-state index contributed by atoms with van der Waals surface area (Å²) in [4.78, 5) is 4.83. The molecule has 0 spiro atoms. The second-order valence-electron chi connectivity index (χ2n) is 5.21. The van der Waals surface area contributed by atoms with Crippen LogP contribution < -0.4 is 0 Å². The third-order valence-corrected chi connectivity index (χ3v) is 3.94. The highest BCUT2D eigenvalue weighted by molar-refractivity contribution is 6.30. The van der Waals surface area contributed by atoms with E-state index in [2.05, 4.69) is 16.7 Å². The largest absolute Gasteiger partial charge is 0.387 e. The van der Waals surface area contributed by atoms with Crippen molar-refractivity contribution in [2.45, 2.75) is 19.4 Å². The van der Waals surface area contributed by atoms with Crippen LogP contribution in [0.1, 0.15) is 25.0 Å². The fraction of sp³-hybridized carbons (Fsp3) is 0.600. The van der Waals surface area contributed by atoms with Crippen LogP contribution in [0.5, 0.6) is 0 Å². The molecule has 0 amide bonds. The van der Waals surface area contributed by atoms with Crippen molar-refractivity contribution in [3.05, 3.63) is 34.9 Å². The second kappa shape index (κ2) is 7.25. The number of hydrogen-bond donors (Lipinski definition) is 1. The summed E-state index contributed by atoms with van der Waals surface area (Å²) in [7, 11) is 0. The standard InChI is InChI=1S/C15H23ClN2O/c1-2-7-17-8-10-18(11-9-17)12-15(19)13-3-5-14(16)6-4-13/h3-6,15,19H,2,7-12H2,1H3. The van der Waals surface area contributed by atoms with Crippen LogP contribution in [0.3, 0.4) is 0 Å². The lowest BCUT2D eigenvalue weighted by Gasteiger charge is -2.35. The molecule has 0 aliphatic carbocycles. The number of nitrogens with zero attached hydrogens (tertiary/aromatic N) is 2. The van der Waals surface area contributed by atoms with Crippen LogP contribution in [-0.4, -0.2) is 54.2 Å². The van der Waals surface area contributed by atoms with Crippen molar-refractivity contribution < 1.29 is 5.11 Å². The fourth-order valence-corrected chi connectivity index (χ4v) is 2.67. The lowest BCUT2D eigenvalue weighted by atomic mass is 10.1. The van der Waals surface area contributed by atoms with Crippen molar-refractivity contribution >= 4 is 11.6 Å². The third-order valence-electron chi connectivity index (χ3n) is 3.69. The Morgan fingerprint density at radius 2 is 1.68 bits per heavy atom. The number of β-amino-alcohol motifs (C(OH)–C–C–N with tert-alkyl or cyclic N) is 1. The van der Waals surface area contributed by atoms with Gasteiger partial charge in [0.25, 0.3) is 0 Å². The van der Waals surface area contributed by atoms with Crippen molar-refractivity contribution in [3.8, 4) is 0 Å². The molecule has 0 aromatic heterocycles. The van der Waals surface area contributed by atoms with Crippen molar-refractivity contribution in [1.29, 1.82) is 0 Å². The molecule has 0 radical (unpaired) electrons. The minimum atomic E-state index is -0.421. The average Bonchev–Trinajstić information content (AvgIpc) is 2.42.